The molecule has 0 N–H and O–H groups in total. The van der Waals surface area contributed by atoms with Crippen LogP contribution >= 0.6 is 11.3 Å². The van der Waals surface area contributed by atoms with Crippen LogP contribution in [0.2, 0.25) is 0 Å². The van der Waals surface area contributed by atoms with E-state index in [0.717, 1.165) is 6.29 Å². The molecule has 0 radical (unpaired) electrons. The Kier molecular flexibility index (Phi) is 3.77. The van der Waals surface area contributed by atoms with Gasteiger partial charge in [0.1, 0.15) is 0 Å². The molecule has 0 saturated carbocycles. The van der Waals surface area contributed by atoms with Gasteiger partial charge in [0.2, 0.25) is 0 Å². The lowest BCUT2D eigenvalue weighted by atomic mass is 10.3. The summed E-state index contributed by atoms with van der Waals surface area (Å²) in [7, 11) is 0. The van der Waals surface area contributed by atoms with Crippen LogP contribution in [0.3, 0.4) is 0 Å². The van der Waals surface area contributed by atoms with Crippen molar-refractivity contribution in [3.8, 4) is 16.6 Å². The molecule has 3 nitrogen and oxygen atoms in total. The number of thiophene rings is 1. The van der Waals surface area contributed by atoms with Crippen LogP contribution in [0.5, 0.6) is 16.6 Å². The van der Waals surface area contributed by atoms with E-state index in [-0.39, 0.29) is 0 Å². The van der Waals surface area contributed by atoms with Gasteiger partial charge in [0, 0.05) is 0 Å². The first-order chi connectivity index (χ1) is 8.33. The number of rotatable bonds is 5. The molecule has 0 aliphatic rings. The van der Waals surface area contributed by atoms with E-state index < -0.39 is 0 Å². The number of ether oxygens (including phenoxy) is 2. The van der Waals surface area contributed by atoms with Gasteiger partial charge in [-0.15, -0.1) is 0 Å². The van der Waals surface area contributed by atoms with Gasteiger partial charge in [-0.05, 0) is 31.2 Å². The predicted molar refractivity (Wildman–Crippen MR) is 67.4 cm³/mol. The molecule has 0 amide bonds. The summed E-state index contributed by atoms with van der Waals surface area (Å²) in [5.41, 5.74) is 0. The lowest BCUT2D eigenvalue weighted by Gasteiger charge is -2.09. The third kappa shape index (κ3) is 2.85. The maximum absolute atomic E-state index is 10.6. The van der Waals surface area contributed by atoms with Gasteiger partial charge in [-0.3, -0.25) is 4.79 Å². The van der Waals surface area contributed by atoms with Crippen LogP contribution in [-0.4, -0.2) is 12.9 Å². The second-order valence-electron chi connectivity index (χ2n) is 3.26. The lowest BCUT2D eigenvalue weighted by Crippen LogP contribution is -1.93. The second-order valence-corrected chi connectivity index (χ2v) is 4.33. The van der Waals surface area contributed by atoms with Crippen molar-refractivity contribution in [1.29, 1.82) is 0 Å². The van der Waals surface area contributed by atoms with E-state index in [2.05, 4.69) is 0 Å². The van der Waals surface area contributed by atoms with E-state index in [9.17, 15) is 4.79 Å². The van der Waals surface area contributed by atoms with Gasteiger partial charge >= 0.3 is 0 Å². The average molecular weight is 248 g/mol. The first-order valence-corrected chi connectivity index (χ1v) is 6.10. The van der Waals surface area contributed by atoms with Crippen LogP contribution < -0.4 is 9.47 Å². The fourth-order valence-electron chi connectivity index (χ4n) is 1.37. The molecule has 2 aromatic rings. The molecule has 0 unspecified atom stereocenters. The maximum atomic E-state index is 10.6. The molecule has 0 atom stereocenters. The Labute approximate surface area is 104 Å². The molecule has 1 aromatic carbocycles. The number of aldehydes is 1. The Balaban J connectivity index is 2.19. The van der Waals surface area contributed by atoms with Crippen LogP contribution in [0.15, 0.2) is 36.4 Å². The fourth-order valence-corrected chi connectivity index (χ4v) is 2.05. The summed E-state index contributed by atoms with van der Waals surface area (Å²) in [4.78, 5) is 11.2. The summed E-state index contributed by atoms with van der Waals surface area (Å²) in [6, 6.07) is 11.0. The Morgan fingerprint density at radius 2 is 1.94 bits per heavy atom. The predicted octanol–water partition coefficient (Wildman–Crippen LogP) is 3.75. The molecule has 0 spiro atoms. The van der Waals surface area contributed by atoms with Gasteiger partial charge < -0.3 is 9.47 Å². The highest BCUT2D eigenvalue weighted by molar-refractivity contribution is 7.15. The normalized spacial score (nSPS) is 9.94. The van der Waals surface area contributed by atoms with Crippen molar-refractivity contribution < 1.29 is 14.3 Å². The largest absolute Gasteiger partial charge is 0.490 e. The van der Waals surface area contributed by atoms with Crippen molar-refractivity contribution >= 4 is 17.6 Å². The van der Waals surface area contributed by atoms with Crippen molar-refractivity contribution in [2.45, 2.75) is 6.92 Å². The third-order valence-corrected chi connectivity index (χ3v) is 2.97. The Morgan fingerprint density at radius 1 is 1.18 bits per heavy atom. The van der Waals surface area contributed by atoms with Crippen LogP contribution in [0, 0.1) is 0 Å². The monoisotopic (exact) mass is 248 g/mol. The Hall–Kier alpha value is -1.81. The van der Waals surface area contributed by atoms with Crippen molar-refractivity contribution in [3.05, 3.63) is 41.3 Å². The quantitative estimate of drug-likeness (QED) is 0.756. The van der Waals surface area contributed by atoms with E-state index in [4.69, 9.17) is 9.47 Å². The smallest absolute Gasteiger partial charge is 0.181 e. The van der Waals surface area contributed by atoms with Gasteiger partial charge in [-0.2, -0.15) is 0 Å². The van der Waals surface area contributed by atoms with Gasteiger partial charge in [0.05, 0.1) is 11.5 Å². The molecule has 2 rings (SSSR count). The summed E-state index contributed by atoms with van der Waals surface area (Å²) in [5.74, 6) is 1.37. The molecular formula is C13H12O3S. The molecule has 0 saturated heterocycles. The average Bonchev–Trinajstić information content (AvgIpc) is 2.80. The van der Waals surface area contributed by atoms with E-state index >= 15 is 0 Å². The van der Waals surface area contributed by atoms with Crippen LogP contribution in [0.1, 0.15) is 16.6 Å². The van der Waals surface area contributed by atoms with Crippen LogP contribution in [-0.2, 0) is 0 Å². The molecule has 17 heavy (non-hydrogen) atoms. The van der Waals surface area contributed by atoms with E-state index in [1.807, 2.05) is 31.2 Å². The Morgan fingerprint density at radius 3 is 2.59 bits per heavy atom. The molecule has 1 aromatic heterocycles. The first-order valence-electron chi connectivity index (χ1n) is 5.28. The van der Waals surface area contributed by atoms with E-state index in [1.165, 1.54) is 11.3 Å². The van der Waals surface area contributed by atoms with Gasteiger partial charge in [0.25, 0.3) is 0 Å². The van der Waals surface area contributed by atoms with E-state index in [1.54, 1.807) is 12.1 Å². The minimum atomic E-state index is 0.588. The molecule has 88 valence electrons. The third-order valence-electron chi connectivity index (χ3n) is 2.08. The molecule has 0 aliphatic carbocycles. The highest BCUT2D eigenvalue weighted by atomic mass is 32.1. The molecule has 0 fully saturated rings. The topological polar surface area (TPSA) is 35.5 Å². The zero-order valence-electron chi connectivity index (χ0n) is 9.38. The van der Waals surface area contributed by atoms with Crippen molar-refractivity contribution in [2.24, 2.45) is 0 Å². The minimum Gasteiger partial charge on any atom is -0.490 e. The Bertz CT molecular complexity index is 505. The van der Waals surface area contributed by atoms with Gasteiger partial charge in [-0.25, -0.2) is 0 Å². The van der Waals surface area contributed by atoms with E-state index in [0.29, 0.717) is 28.0 Å². The molecular weight excluding hydrogens is 236 g/mol. The van der Waals surface area contributed by atoms with Crippen molar-refractivity contribution in [1.82, 2.24) is 0 Å². The number of carbonyl (C=O) groups is 1. The van der Waals surface area contributed by atoms with Crippen molar-refractivity contribution in [2.75, 3.05) is 6.61 Å². The summed E-state index contributed by atoms with van der Waals surface area (Å²) < 4.78 is 11.1. The van der Waals surface area contributed by atoms with Crippen molar-refractivity contribution in [3.63, 3.8) is 0 Å². The summed E-state index contributed by atoms with van der Waals surface area (Å²) in [6.45, 7) is 2.51. The van der Waals surface area contributed by atoms with Gasteiger partial charge in [-0.1, -0.05) is 23.5 Å². The zero-order chi connectivity index (χ0) is 12.1. The second kappa shape index (κ2) is 5.50. The number of hydrogen-bond acceptors (Lipinski definition) is 4. The number of carbonyl (C=O) groups excluding carboxylic acids is 1. The molecule has 1 heterocycles. The minimum absolute atomic E-state index is 0.588. The highest BCUT2D eigenvalue weighted by Gasteiger charge is 2.06. The zero-order valence-corrected chi connectivity index (χ0v) is 10.2. The summed E-state index contributed by atoms with van der Waals surface area (Å²) >= 11 is 1.31. The number of benzene rings is 1. The number of hydrogen-bond donors (Lipinski definition) is 0. The van der Waals surface area contributed by atoms with Gasteiger partial charge in [0.15, 0.2) is 22.8 Å². The maximum Gasteiger partial charge on any atom is 0.181 e. The highest BCUT2D eigenvalue weighted by Crippen LogP contribution is 2.34. The standard InChI is InChI=1S/C13H12O3S/c1-2-15-11-5-3-4-6-12(11)16-13-8-7-10(9-14)17-13/h3-9H,2H2,1H3. The SMILES string of the molecule is CCOc1ccccc1Oc1ccc(C=O)s1. The molecule has 0 aliphatic heterocycles. The molecule has 0 bridgehead atoms. The van der Waals surface area contributed by atoms with Crippen LogP contribution in [0.4, 0.5) is 0 Å². The summed E-state index contributed by atoms with van der Waals surface area (Å²) in [5, 5.41) is 0.680. The molecule has 4 heteroatoms. The first kappa shape index (κ1) is 11.7. The summed E-state index contributed by atoms with van der Waals surface area (Å²) in [6.07, 6.45) is 0.811. The van der Waals surface area contributed by atoms with Crippen LogP contribution in [0.25, 0.3) is 0 Å². The lowest BCUT2D eigenvalue weighted by molar-refractivity contribution is 0.112. The number of para-hydroxylation sites is 2. The fraction of sp³-hybridized carbons (Fsp3) is 0.154.